The Labute approximate surface area is 170 Å². The molecule has 1 unspecified atom stereocenters. The normalized spacial score (nSPS) is 18.2. The Morgan fingerprint density at radius 1 is 1.04 bits per heavy atom. The van der Waals surface area contributed by atoms with Gasteiger partial charge in [0, 0.05) is 16.5 Å². The summed E-state index contributed by atoms with van der Waals surface area (Å²) in [5, 5.41) is 2.70. The molecule has 0 radical (unpaired) electrons. The van der Waals surface area contributed by atoms with Crippen molar-refractivity contribution in [3.8, 4) is 5.75 Å². The standard InChI is InChI=1S/C25H37NO/c1-16(2)24-21(7)18(4)13-14-23(24)27-25(8,19(5)15-26-9)22-12-10-11-17(3)20(22)6/h10-14,16,19,26H,15H2,1-9H3/t19?,25-/m1/s1/i15D2,19D. The van der Waals surface area contributed by atoms with E-state index in [9.17, 15) is 1.37 Å². The summed E-state index contributed by atoms with van der Waals surface area (Å²) in [6, 6.07) is 9.94. The lowest BCUT2D eigenvalue weighted by molar-refractivity contribution is 0.0281. The minimum absolute atomic E-state index is 0.237. The number of nitrogens with one attached hydrogen (secondary N) is 1. The van der Waals surface area contributed by atoms with E-state index in [0.717, 1.165) is 22.3 Å². The SMILES string of the molecule is [2H]C([2H])(NC)C([2H])(C)[C@@](C)(Oc1ccc(C)c(C)c1C(C)C)c1cccc(C)c1C. The van der Waals surface area contributed by atoms with Gasteiger partial charge in [0.05, 0.1) is 0 Å². The molecule has 0 saturated carbocycles. The van der Waals surface area contributed by atoms with Crippen LogP contribution in [0.2, 0.25) is 0 Å². The molecule has 0 fully saturated rings. The zero-order chi connectivity index (χ0) is 23.1. The van der Waals surface area contributed by atoms with Gasteiger partial charge in [0.2, 0.25) is 0 Å². The number of hydrogen-bond acceptors (Lipinski definition) is 2. The number of aryl methyl sites for hydroxylation is 2. The van der Waals surface area contributed by atoms with Crippen molar-refractivity contribution >= 4 is 0 Å². The predicted molar refractivity (Wildman–Crippen MR) is 117 cm³/mol. The molecule has 2 rings (SSSR count). The van der Waals surface area contributed by atoms with Gasteiger partial charge >= 0.3 is 0 Å². The van der Waals surface area contributed by atoms with E-state index in [2.05, 4.69) is 33.0 Å². The van der Waals surface area contributed by atoms with E-state index in [1.54, 1.807) is 14.0 Å². The molecule has 1 N–H and O–H groups in total. The molecule has 0 aliphatic heterocycles. The van der Waals surface area contributed by atoms with Crippen molar-refractivity contribution < 1.29 is 8.85 Å². The molecule has 2 nitrogen and oxygen atoms in total. The smallest absolute Gasteiger partial charge is 0.135 e. The van der Waals surface area contributed by atoms with Crippen LogP contribution in [0.15, 0.2) is 30.3 Å². The van der Waals surface area contributed by atoms with Crippen molar-refractivity contribution in [2.45, 2.75) is 66.9 Å². The second kappa shape index (κ2) is 8.48. The molecule has 0 heterocycles. The van der Waals surface area contributed by atoms with Gasteiger partial charge in [0.25, 0.3) is 0 Å². The fourth-order valence-corrected chi connectivity index (χ4v) is 3.75. The first kappa shape index (κ1) is 17.3. The van der Waals surface area contributed by atoms with Crippen LogP contribution < -0.4 is 10.1 Å². The molecule has 27 heavy (non-hydrogen) atoms. The third kappa shape index (κ3) is 4.21. The first-order valence-electron chi connectivity index (χ1n) is 11.3. The van der Waals surface area contributed by atoms with Crippen LogP contribution in [0.25, 0.3) is 0 Å². The Bertz CT molecular complexity index is 921. The molecular formula is C25H37NO. The quantitative estimate of drug-likeness (QED) is 0.627. The van der Waals surface area contributed by atoms with Crippen LogP contribution in [-0.4, -0.2) is 13.5 Å². The molecular weight excluding hydrogens is 330 g/mol. The second-order valence-electron chi connectivity index (χ2n) is 7.96. The van der Waals surface area contributed by atoms with E-state index < -0.39 is 18.0 Å². The largest absolute Gasteiger partial charge is 0.482 e. The van der Waals surface area contributed by atoms with E-state index in [4.69, 9.17) is 7.48 Å². The van der Waals surface area contributed by atoms with E-state index in [1.165, 1.54) is 11.1 Å². The summed E-state index contributed by atoms with van der Waals surface area (Å²) in [7, 11) is 1.55. The minimum Gasteiger partial charge on any atom is -0.482 e. The highest BCUT2D eigenvalue weighted by Crippen LogP contribution is 2.41. The molecule has 0 saturated heterocycles. The van der Waals surface area contributed by atoms with Gasteiger partial charge in [-0.2, -0.15) is 0 Å². The molecule has 0 aromatic heterocycles. The number of hydrogen-bond donors (Lipinski definition) is 1. The van der Waals surface area contributed by atoms with Crippen molar-refractivity contribution in [3.05, 3.63) is 63.7 Å². The maximum atomic E-state index is 9.25. The van der Waals surface area contributed by atoms with E-state index in [1.807, 2.05) is 51.1 Å². The predicted octanol–water partition coefficient (Wildman–Crippen LogP) is 6.19. The molecule has 0 aliphatic carbocycles. The van der Waals surface area contributed by atoms with Crippen LogP contribution in [-0.2, 0) is 5.60 Å². The van der Waals surface area contributed by atoms with Gasteiger partial charge in [0.15, 0.2) is 0 Å². The van der Waals surface area contributed by atoms with Crippen molar-refractivity contribution in [1.29, 1.82) is 0 Å². The van der Waals surface area contributed by atoms with Gasteiger partial charge in [0.1, 0.15) is 11.4 Å². The topological polar surface area (TPSA) is 21.3 Å². The maximum Gasteiger partial charge on any atom is 0.135 e. The Kier molecular flexibility index (Phi) is 5.43. The fourth-order valence-electron chi connectivity index (χ4n) is 3.75. The molecule has 148 valence electrons. The molecule has 2 aromatic rings. The third-order valence-corrected chi connectivity index (χ3v) is 5.78. The number of rotatable bonds is 7. The summed E-state index contributed by atoms with van der Waals surface area (Å²) in [6.45, 7) is 14.0. The van der Waals surface area contributed by atoms with Crippen LogP contribution >= 0.6 is 0 Å². The summed E-state index contributed by atoms with van der Waals surface area (Å²) >= 11 is 0. The van der Waals surface area contributed by atoms with Crippen molar-refractivity contribution in [1.82, 2.24) is 5.32 Å². The summed E-state index contributed by atoms with van der Waals surface area (Å²) in [4.78, 5) is 0. The Morgan fingerprint density at radius 3 is 2.26 bits per heavy atom. The maximum absolute atomic E-state index is 9.25. The highest BCUT2D eigenvalue weighted by atomic mass is 16.5. The van der Waals surface area contributed by atoms with Gasteiger partial charge in [-0.1, -0.05) is 45.0 Å². The second-order valence-corrected chi connectivity index (χ2v) is 7.96. The number of benzene rings is 2. The Morgan fingerprint density at radius 2 is 1.67 bits per heavy atom. The summed E-state index contributed by atoms with van der Waals surface area (Å²) < 4.78 is 33.1. The number of ether oxygens (including phenoxy) is 1. The van der Waals surface area contributed by atoms with E-state index >= 15 is 0 Å². The fraction of sp³-hybridized carbons (Fsp3) is 0.520. The molecule has 2 aromatic carbocycles. The highest BCUT2D eigenvalue weighted by molar-refractivity contribution is 5.47. The van der Waals surface area contributed by atoms with E-state index in [-0.39, 0.29) is 5.92 Å². The minimum atomic E-state index is -1.99. The van der Waals surface area contributed by atoms with Gasteiger partial charge in [-0.3, -0.25) is 0 Å². The van der Waals surface area contributed by atoms with Crippen LogP contribution in [0.5, 0.6) is 5.75 Å². The van der Waals surface area contributed by atoms with Crippen molar-refractivity contribution in [2.24, 2.45) is 5.89 Å². The van der Waals surface area contributed by atoms with Gasteiger partial charge in [-0.05, 0) is 87.0 Å². The molecule has 2 atom stereocenters. The van der Waals surface area contributed by atoms with Crippen molar-refractivity contribution in [2.75, 3.05) is 13.5 Å². The van der Waals surface area contributed by atoms with Crippen LogP contribution in [0, 0.1) is 33.6 Å². The first-order chi connectivity index (χ1) is 13.7. The molecule has 0 amide bonds. The molecule has 0 bridgehead atoms. The zero-order valence-corrected chi connectivity index (χ0v) is 18.4. The third-order valence-electron chi connectivity index (χ3n) is 5.78. The highest BCUT2D eigenvalue weighted by Gasteiger charge is 2.37. The first-order valence-corrected chi connectivity index (χ1v) is 9.76. The van der Waals surface area contributed by atoms with Gasteiger partial charge in [-0.25, -0.2) is 0 Å². The summed E-state index contributed by atoms with van der Waals surface area (Å²) in [5.41, 5.74) is 5.15. The molecule has 0 aliphatic rings. The zero-order valence-electron chi connectivity index (χ0n) is 21.4. The average Bonchev–Trinajstić information content (AvgIpc) is 2.66. The van der Waals surface area contributed by atoms with Crippen molar-refractivity contribution in [3.63, 3.8) is 0 Å². The van der Waals surface area contributed by atoms with E-state index in [0.29, 0.717) is 5.75 Å². The lowest BCUT2D eigenvalue weighted by Gasteiger charge is -2.39. The Hall–Kier alpha value is -1.80. The van der Waals surface area contributed by atoms with Gasteiger partial charge < -0.3 is 10.1 Å². The van der Waals surface area contributed by atoms with Crippen LogP contribution in [0.3, 0.4) is 0 Å². The Balaban J connectivity index is 2.83. The van der Waals surface area contributed by atoms with Crippen LogP contribution in [0.4, 0.5) is 0 Å². The lowest BCUT2D eigenvalue weighted by atomic mass is 9.80. The van der Waals surface area contributed by atoms with Gasteiger partial charge in [-0.15, -0.1) is 0 Å². The molecule has 0 spiro atoms. The summed E-state index contributed by atoms with van der Waals surface area (Å²) in [5.74, 6) is -0.692. The lowest BCUT2D eigenvalue weighted by Crippen LogP contribution is -2.42. The average molecular weight is 371 g/mol. The summed E-state index contributed by atoms with van der Waals surface area (Å²) in [6.07, 6.45) is 0. The monoisotopic (exact) mass is 370 g/mol. The molecule has 2 heteroatoms. The van der Waals surface area contributed by atoms with Crippen LogP contribution in [0.1, 0.15) is 71.1 Å².